The van der Waals surface area contributed by atoms with Crippen LogP contribution in [0.2, 0.25) is 0 Å². The molecule has 4 aromatic rings. The highest BCUT2D eigenvalue weighted by atomic mass is 32.2. The van der Waals surface area contributed by atoms with E-state index < -0.39 is 40.0 Å². The number of carbonyl (C=O) groups excluding carboxylic acids is 1. The number of likely N-dealkylation sites (tertiary alicyclic amines) is 1. The number of hydrogen-bond acceptors (Lipinski definition) is 9. The van der Waals surface area contributed by atoms with Gasteiger partial charge in [0.25, 0.3) is 0 Å². The number of fused-ring (bicyclic) bond motifs is 1. The average molecular weight is 687 g/mol. The van der Waals surface area contributed by atoms with Gasteiger partial charge < -0.3 is 19.7 Å². The number of sulfonamides is 1. The average Bonchev–Trinajstić information content (AvgIpc) is 3.02. The quantitative estimate of drug-likeness (QED) is 0.178. The van der Waals surface area contributed by atoms with Crippen molar-refractivity contribution < 1.29 is 35.9 Å². The summed E-state index contributed by atoms with van der Waals surface area (Å²) in [5.74, 6) is -0.929. The van der Waals surface area contributed by atoms with E-state index in [0.29, 0.717) is 41.2 Å². The summed E-state index contributed by atoms with van der Waals surface area (Å²) in [7, 11) is -4.27. The van der Waals surface area contributed by atoms with Gasteiger partial charge in [-0.15, -0.1) is 0 Å². The van der Waals surface area contributed by atoms with Crippen molar-refractivity contribution in [1.82, 2.24) is 19.9 Å². The monoisotopic (exact) mass is 686 g/mol. The number of piperidine rings is 1. The fourth-order valence-corrected chi connectivity index (χ4v) is 6.37. The molecule has 1 aliphatic rings. The predicted molar refractivity (Wildman–Crippen MR) is 176 cm³/mol. The number of nitrogens with zero attached hydrogens (tertiary/aromatic N) is 4. The lowest BCUT2D eigenvalue weighted by molar-refractivity contribution is 0.0206. The van der Waals surface area contributed by atoms with Gasteiger partial charge in [-0.05, 0) is 76.4 Å². The van der Waals surface area contributed by atoms with Crippen molar-refractivity contribution in [3.8, 4) is 22.9 Å². The van der Waals surface area contributed by atoms with Crippen LogP contribution in [0.4, 0.5) is 29.6 Å². The summed E-state index contributed by atoms with van der Waals surface area (Å²) in [5.41, 5.74) is 0.693. The Labute approximate surface area is 276 Å². The number of pyridine rings is 1. The van der Waals surface area contributed by atoms with Crippen LogP contribution in [0, 0.1) is 12.7 Å². The van der Waals surface area contributed by atoms with Gasteiger partial charge in [0.1, 0.15) is 17.2 Å². The number of hydrogen-bond donors (Lipinski definition) is 2. The largest absolute Gasteiger partial charge is 0.444 e. The molecule has 1 amide bonds. The number of amides is 1. The molecule has 1 atom stereocenters. The van der Waals surface area contributed by atoms with Gasteiger partial charge in [0.15, 0.2) is 0 Å². The second-order valence-corrected chi connectivity index (χ2v) is 14.3. The van der Waals surface area contributed by atoms with Crippen LogP contribution in [0.15, 0.2) is 54.9 Å². The number of anilines is 2. The van der Waals surface area contributed by atoms with Gasteiger partial charge in [-0.1, -0.05) is 12.1 Å². The molecule has 2 N–H and O–H groups in total. The van der Waals surface area contributed by atoms with E-state index in [9.17, 15) is 26.4 Å². The third-order valence-corrected chi connectivity index (χ3v) is 8.76. The summed E-state index contributed by atoms with van der Waals surface area (Å²) < 4.78 is 79.3. The number of benzene rings is 2. The zero-order valence-electron chi connectivity index (χ0n) is 27.0. The first-order valence-electron chi connectivity index (χ1n) is 15.4. The maximum Gasteiger partial charge on any atom is 0.410 e. The number of alkyl halides is 2. The van der Waals surface area contributed by atoms with Gasteiger partial charge in [0, 0.05) is 48.7 Å². The van der Waals surface area contributed by atoms with Crippen LogP contribution in [0.1, 0.15) is 45.6 Å². The molecule has 1 fully saturated rings. The third kappa shape index (κ3) is 8.62. The summed E-state index contributed by atoms with van der Waals surface area (Å²) in [6, 6.07) is 10.8. The Hall–Kier alpha value is -4.66. The van der Waals surface area contributed by atoms with Crippen molar-refractivity contribution in [3.05, 3.63) is 66.2 Å². The first kappa shape index (κ1) is 34.7. The van der Waals surface area contributed by atoms with Crippen molar-refractivity contribution >= 4 is 38.5 Å². The maximum atomic E-state index is 15.0. The molecule has 5 rings (SSSR count). The van der Waals surface area contributed by atoms with E-state index in [1.165, 1.54) is 18.3 Å². The highest BCUT2D eigenvalue weighted by molar-refractivity contribution is 7.92. The molecule has 15 heteroatoms. The zero-order valence-corrected chi connectivity index (χ0v) is 27.8. The molecular weight excluding hydrogens is 649 g/mol. The second-order valence-electron chi connectivity index (χ2n) is 12.5. The number of ether oxygens (including phenoxy) is 2. The molecule has 0 unspecified atom stereocenters. The predicted octanol–water partition coefficient (Wildman–Crippen LogP) is 7.14. The number of carbonyl (C=O) groups is 1. The lowest BCUT2D eigenvalue weighted by Crippen LogP contribution is -2.47. The molecular formula is C33H37F3N6O5S. The van der Waals surface area contributed by atoms with Crippen molar-refractivity contribution in [1.29, 1.82) is 0 Å². The van der Waals surface area contributed by atoms with Crippen molar-refractivity contribution in [2.75, 3.05) is 28.9 Å². The molecule has 0 radical (unpaired) electrons. The molecule has 0 aliphatic carbocycles. The van der Waals surface area contributed by atoms with Gasteiger partial charge in [0.2, 0.25) is 28.3 Å². The fraction of sp³-hybridized carbons (Fsp3) is 0.394. The summed E-state index contributed by atoms with van der Waals surface area (Å²) in [6.07, 6.45) is 0.636. The molecule has 11 nitrogen and oxygen atoms in total. The van der Waals surface area contributed by atoms with E-state index in [4.69, 9.17) is 14.5 Å². The molecule has 1 aliphatic heterocycles. The van der Waals surface area contributed by atoms with E-state index in [2.05, 4.69) is 20.0 Å². The first-order valence-corrected chi connectivity index (χ1v) is 17.1. The molecule has 1 saturated heterocycles. The Morgan fingerprint density at radius 2 is 1.85 bits per heavy atom. The second kappa shape index (κ2) is 14.2. The lowest BCUT2D eigenvalue weighted by Gasteiger charge is -2.34. The molecule has 48 heavy (non-hydrogen) atoms. The van der Waals surface area contributed by atoms with Gasteiger partial charge in [-0.25, -0.2) is 41.3 Å². The van der Waals surface area contributed by atoms with Crippen molar-refractivity contribution in [3.63, 3.8) is 0 Å². The lowest BCUT2D eigenvalue weighted by atomic mass is 10.0. The third-order valence-electron chi connectivity index (χ3n) is 7.47. The maximum absolute atomic E-state index is 15.0. The van der Waals surface area contributed by atoms with E-state index in [-0.39, 0.29) is 34.8 Å². The zero-order chi connectivity index (χ0) is 34.6. The van der Waals surface area contributed by atoms with E-state index >= 15 is 0 Å². The number of nitrogens with one attached hydrogen (secondary N) is 2. The van der Waals surface area contributed by atoms with Crippen LogP contribution in [0.3, 0.4) is 0 Å². The highest BCUT2D eigenvalue weighted by Crippen LogP contribution is 2.39. The van der Waals surface area contributed by atoms with Crippen LogP contribution >= 0.6 is 0 Å². The summed E-state index contributed by atoms with van der Waals surface area (Å²) in [4.78, 5) is 27.8. The topological polar surface area (TPSA) is 136 Å². The van der Waals surface area contributed by atoms with Crippen LogP contribution in [0.5, 0.6) is 11.6 Å². The molecule has 0 bridgehead atoms. The van der Waals surface area contributed by atoms with Gasteiger partial charge >= 0.3 is 6.09 Å². The van der Waals surface area contributed by atoms with Gasteiger partial charge in [-0.3, -0.25) is 4.72 Å². The first-order chi connectivity index (χ1) is 22.7. The molecule has 0 spiro atoms. The Balaban J connectivity index is 1.40. The van der Waals surface area contributed by atoms with Crippen LogP contribution in [-0.2, 0) is 14.8 Å². The number of rotatable bonds is 10. The van der Waals surface area contributed by atoms with Crippen molar-refractivity contribution in [2.45, 2.75) is 65.0 Å². The Morgan fingerprint density at radius 1 is 1.08 bits per heavy atom. The van der Waals surface area contributed by atoms with E-state index in [1.807, 2.05) is 20.8 Å². The van der Waals surface area contributed by atoms with Crippen LogP contribution in [0.25, 0.3) is 22.0 Å². The normalized spacial score (nSPS) is 15.4. The smallest absolute Gasteiger partial charge is 0.410 e. The summed E-state index contributed by atoms with van der Waals surface area (Å²) in [6.45, 7) is 8.26. The van der Waals surface area contributed by atoms with Crippen LogP contribution < -0.4 is 14.8 Å². The summed E-state index contributed by atoms with van der Waals surface area (Å²) >= 11 is 0. The Kier molecular flexibility index (Phi) is 10.3. The standard InChI is InChI=1S/C33H37F3N6O5S/c1-20-9-10-22-23(11-12-25(34)28(22)41-48(44,45)18-14-27(35)36)29(20)46-30-24(8-5-15-37-30)26-13-16-38-31(40-26)39-21-7-6-17-42(19-21)32(43)47-33(2,3)4/h5,8-13,15-16,21,27,41H,6-7,14,17-19H2,1-4H3,(H,38,39,40)/t21-/m0/s1. The Bertz CT molecular complexity index is 1900. The Morgan fingerprint density at radius 3 is 2.60 bits per heavy atom. The fourth-order valence-electron chi connectivity index (χ4n) is 5.26. The minimum absolute atomic E-state index is 0.105. The van der Waals surface area contributed by atoms with Gasteiger partial charge in [-0.2, -0.15) is 0 Å². The highest BCUT2D eigenvalue weighted by Gasteiger charge is 2.28. The molecule has 3 heterocycles. The molecule has 2 aromatic carbocycles. The molecule has 2 aromatic heterocycles. The SMILES string of the molecule is Cc1ccc2c(NS(=O)(=O)CCC(F)F)c(F)ccc2c1Oc1ncccc1-c1ccnc(N[C@H]2CCCN(C(=O)OC(C)(C)C)C2)n1. The van der Waals surface area contributed by atoms with Gasteiger partial charge in [0.05, 0.1) is 22.7 Å². The minimum atomic E-state index is -4.27. The number of aromatic nitrogens is 3. The summed E-state index contributed by atoms with van der Waals surface area (Å²) in [5, 5.41) is 3.87. The molecule has 256 valence electrons. The number of halogens is 3. The van der Waals surface area contributed by atoms with Crippen molar-refractivity contribution in [2.24, 2.45) is 0 Å². The van der Waals surface area contributed by atoms with E-state index in [1.54, 1.807) is 42.3 Å². The minimum Gasteiger partial charge on any atom is -0.444 e. The van der Waals surface area contributed by atoms with E-state index in [0.717, 1.165) is 18.9 Å². The van der Waals surface area contributed by atoms with Crippen LogP contribution in [-0.4, -0.2) is 71.3 Å². The number of aryl methyl sites for hydroxylation is 1. The molecule has 0 saturated carbocycles.